The predicted octanol–water partition coefficient (Wildman–Crippen LogP) is 4.30. The summed E-state index contributed by atoms with van der Waals surface area (Å²) >= 11 is 0. The van der Waals surface area contributed by atoms with Gasteiger partial charge >= 0.3 is 0 Å². The molecule has 1 unspecified atom stereocenters. The van der Waals surface area contributed by atoms with Crippen LogP contribution < -0.4 is 10.6 Å². The topological polar surface area (TPSA) is 71.3 Å². The maximum absolute atomic E-state index is 13.8. The molecule has 2 N–H and O–H groups in total. The molecule has 27 heavy (non-hydrogen) atoms. The summed E-state index contributed by atoms with van der Waals surface area (Å²) in [6.45, 7) is 1.56. The molecule has 0 bridgehead atoms. The zero-order chi connectivity index (χ0) is 19.4. The van der Waals surface area contributed by atoms with E-state index in [1.165, 1.54) is 24.5 Å². The molecular formula is C20H16F2N2O3. The van der Waals surface area contributed by atoms with Gasteiger partial charge in [0.05, 0.1) is 12.3 Å². The normalized spacial score (nSPS) is 11.7. The van der Waals surface area contributed by atoms with Crippen molar-refractivity contribution in [3.63, 3.8) is 0 Å². The summed E-state index contributed by atoms with van der Waals surface area (Å²) in [5.41, 5.74) is 0.859. The van der Waals surface area contributed by atoms with Gasteiger partial charge in [-0.15, -0.1) is 0 Å². The molecule has 1 atom stereocenters. The molecule has 3 aromatic rings. The van der Waals surface area contributed by atoms with Crippen molar-refractivity contribution in [2.75, 3.05) is 5.32 Å². The summed E-state index contributed by atoms with van der Waals surface area (Å²) in [6, 6.07) is 11.7. The number of carbonyl (C=O) groups excluding carboxylic acids is 2. The van der Waals surface area contributed by atoms with Crippen LogP contribution in [0.4, 0.5) is 14.5 Å². The first-order valence-corrected chi connectivity index (χ1v) is 8.15. The highest BCUT2D eigenvalue weighted by atomic mass is 19.1. The number of halogens is 2. The highest BCUT2D eigenvalue weighted by molar-refractivity contribution is 6.02. The Morgan fingerprint density at radius 1 is 1.00 bits per heavy atom. The van der Waals surface area contributed by atoms with Crippen LogP contribution in [-0.4, -0.2) is 11.8 Å². The quantitative estimate of drug-likeness (QED) is 0.703. The van der Waals surface area contributed by atoms with Crippen LogP contribution >= 0.6 is 0 Å². The van der Waals surface area contributed by atoms with Gasteiger partial charge in [-0.25, -0.2) is 8.78 Å². The highest BCUT2D eigenvalue weighted by Crippen LogP contribution is 2.19. The van der Waals surface area contributed by atoms with E-state index in [1.54, 1.807) is 25.1 Å². The lowest BCUT2D eigenvalue weighted by Crippen LogP contribution is -2.27. The van der Waals surface area contributed by atoms with Gasteiger partial charge < -0.3 is 15.1 Å². The van der Waals surface area contributed by atoms with E-state index in [9.17, 15) is 18.4 Å². The lowest BCUT2D eigenvalue weighted by atomic mass is 10.1. The standard InChI is InChI=1S/C20H16F2N2O3/c1-12(16-11-14(21)6-9-17(16)22)23-19(25)13-4-7-15(8-5-13)24-20(26)18-3-2-10-27-18/h2-12H,1H3,(H,23,25)(H,24,26). The molecule has 0 radical (unpaired) electrons. The number of furan rings is 1. The van der Waals surface area contributed by atoms with Gasteiger partial charge in [0.25, 0.3) is 11.8 Å². The summed E-state index contributed by atoms with van der Waals surface area (Å²) in [7, 11) is 0. The van der Waals surface area contributed by atoms with Crippen molar-refractivity contribution in [3.05, 3.63) is 89.4 Å². The lowest BCUT2D eigenvalue weighted by Gasteiger charge is -2.15. The lowest BCUT2D eigenvalue weighted by molar-refractivity contribution is 0.0938. The van der Waals surface area contributed by atoms with Crippen LogP contribution in [-0.2, 0) is 0 Å². The van der Waals surface area contributed by atoms with E-state index >= 15 is 0 Å². The molecule has 1 heterocycles. The van der Waals surface area contributed by atoms with E-state index in [4.69, 9.17) is 4.42 Å². The monoisotopic (exact) mass is 370 g/mol. The van der Waals surface area contributed by atoms with Crippen molar-refractivity contribution < 1.29 is 22.8 Å². The minimum absolute atomic E-state index is 0.0608. The smallest absolute Gasteiger partial charge is 0.291 e. The summed E-state index contributed by atoms with van der Waals surface area (Å²) in [4.78, 5) is 24.2. The minimum atomic E-state index is -0.716. The molecule has 2 aromatic carbocycles. The Kier molecular flexibility index (Phi) is 5.30. The largest absolute Gasteiger partial charge is 0.459 e. The van der Waals surface area contributed by atoms with Gasteiger partial charge in [-0.1, -0.05) is 0 Å². The minimum Gasteiger partial charge on any atom is -0.459 e. The van der Waals surface area contributed by atoms with Gasteiger partial charge in [0, 0.05) is 16.8 Å². The van der Waals surface area contributed by atoms with E-state index in [0.717, 1.165) is 18.2 Å². The molecular weight excluding hydrogens is 354 g/mol. The molecule has 5 nitrogen and oxygen atoms in total. The Hall–Kier alpha value is -3.48. The number of benzene rings is 2. The Morgan fingerprint density at radius 2 is 1.74 bits per heavy atom. The van der Waals surface area contributed by atoms with Crippen molar-refractivity contribution in [3.8, 4) is 0 Å². The van der Waals surface area contributed by atoms with E-state index in [0.29, 0.717) is 11.3 Å². The molecule has 0 aliphatic heterocycles. The molecule has 3 rings (SSSR count). The molecule has 1 aromatic heterocycles. The second-order valence-corrected chi connectivity index (χ2v) is 5.87. The van der Waals surface area contributed by atoms with Crippen molar-refractivity contribution in [1.29, 1.82) is 0 Å². The number of anilines is 1. The molecule has 0 saturated carbocycles. The molecule has 0 aliphatic rings. The fourth-order valence-electron chi connectivity index (χ4n) is 2.51. The summed E-state index contributed by atoms with van der Waals surface area (Å²) < 4.78 is 32.1. The SMILES string of the molecule is CC(NC(=O)c1ccc(NC(=O)c2ccco2)cc1)c1cc(F)ccc1F. The highest BCUT2D eigenvalue weighted by Gasteiger charge is 2.16. The van der Waals surface area contributed by atoms with Crippen LogP contribution in [0.5, 0.6) is 0 Å². The summed E-state index contributed by atoms with van der Waals surface area (Å²) in [5, 5.41) is 5.25. The molecule has 0 aliphatic carbocycles. The van der Waals surface area contributed by atoms with Crippen LogP contribution in [0.3, 0.4) is 0 Å². The maximum Gasteiger partial charge on any atom is 0.291 e. The second kappa shape index (κ2) is 7.82. The number of nitrogens with one attached hydrogen (secondary N) is 2. The molecule has 0 fully saturated rings. The van der Waals surface area contributed by atoms with Gasteiger partial charge in [-0.05, 0) is 61.5 Å². The number of amides is 2. The van der Waals surface area contributed by atoms with Crippen LogP contribution in [0.15, 0.2) is 65.3 Å². The van der Waals surface area contributed by atoms with Gasteiger partial charge in [-0.2, -0.15) is 0 Å². The fraction of sp³-hybridized carbons (Fsp3) is 0.100. The maximum atomic E-state index is 13.8. The van der Waals surface area contributed by atoms with E-state index < -0.39 is 29.5 Å². The Morgan fingerprint density at radius 3 is 2.41 bits per heavy atom. The number of hydrogen-bond acceptors (Lipinski definition) is 3. The number of hydrogen-bond donors (Lipinski definition) is 2. The first kappa shape index (κ1) is 18.3. The van der Waals surface area contributed by atoms with Crippen molar-refractivity contribution >= 4 is 17.5 Å². The van der Waals surface area contributed by atoms with Crippen molar-refractivity contribution in [1.82, 2.24) is 5.32 Å². The predicted molar refractivity (Wildman–Crippen MR) is 95.3 cm³/mol. The van der Waals surface area contributed by atoms with Gasteiger partial charge in [-0.3, -0.25) is 9.59 Å². The van der Waals surface area contributed by atoms with Gasteiger partial charge in [0.15, 0.2) is 5.76 Å². The van der Waals surface area contributed by atoms with Crippen LogP contribution in [0.2, 0.25) is 0 Å². The van der Waals surface area contributed by atoms with E-state index in [-0.39, 0.29) is 11.3 Å². The third-order valence-corrected chi connectivity index (χ3v) is 3.92. The van der Waals surface area contributed by atoms with Gasteiger partial charge in [0.2, 0.25) is 0 Å². The Labute approximate surface area is 154 Å². The average molecular weight is 370 g/mol. The number of carbonyl (C=O) groups is 2. The Bertz CT molecular complexity index is 954. The van der Waals surface area contributed by atoms with Gasteiger partial charge in [0.1, 0.15) is 11.6 Å². The Balaban J connectivity index is 1.65. The first-order chi connectivity index (χ1) is 12.9. The zero-order valence-electron chi connectivity index (χ0n) is 14.3. The average Bonchev–Trinajstić information content (AvgIpc) is 3.19. The van der Waals surface area contributed by atoms with Crippen molar-refractivity contribution in [2.24, 2.45) is 0 Å². The first-order valence-electron chi connectivity index (χ1n) is 8.15. The van der Waals surface area contributed by atoms with Crippen LogP contribution in [0, 0.1) is 11.6 Å². The molecule has 0 saturated heterocycles. The second-order valence-electron chi connectivity index (χ2n) is 5.87. The summed E-state index contributed by atoms with van der Waals surface area (Å²) in [6.07, 6.45) is 1.39. The molecule has 7 heteroatoms. The zero-order valence-corrected chi connectivity index (χ0v) is 14.3. The molecule has 0 spiro atoms. The van der Waals surface area contributed by atoms with Crippen LogP contribution in [0.25, 0.3) is 0 Å². The van der Waals surface area contributed by atoms with E-state index in [2.05, 4.69) is 10.6 Å². The number of rotatable bonds is 5. The molecule has 138 valence electrons. The van der Waals surface area contributed by atoms with Crippen LogP contribution in [0.1, 0.15) is 39.4 Å². The van der Waals surface area contributed by atoms with E-state index in [1.807, 2.05) is 0 Å². The third kappa shape index (κ3) is 4.38. The summed E-state index contributed by atoms with van der Waals surface area (Å²) in [5.74, 6) is -1.87. The third-order valence-electron chi connectivity index (χ3n) is 3.92. The van der Waals surface area contributed by atoms with Crippen molar-refractivity contribution in [2.45, 2.75) is 13.0 Å². The molecule has 2 amide bonds. The fourth-order valence-corrected chi connectivity index (χ4v) is 2.51.